The lowest BCUT2D eigenvalue weighted by molar-refractivity contribution is -0.115. The van der Waals surface area contributed by atoms with Crippen LogP contribution in [0, 0.1) is 11.3 Å². The van der Waals surface area contributed by atoms with Gasteiger partial charge in [0, 0.05) is 5.41 Å². The molecule has 0 saturated heterocycles. The minimum atomic E-state index is -0.116. The highest BCUT2D eigenvalue weighted by Gasteiger charge is 2.18. The molecule has 2 heteroatoms. The lowest BCUT2D eigenvalue weighted by atomic mass is 9.84. The molecule has 0 fully saturated rings. The minimum Gasteiger partial charge on any atom is -0.307 e. The highest BCUT2D eigenvalue weighted by atomic mass is 16.1. The highest BCUT2D eigenvalue weighted by molar-refractivity contribution is 5.57. The summed E-state index contributed by atoms with van der Waals surface area (Å²) in [7, 11) is 0. The molecule has 1 aromatic rings. The fraction of sp³-hybridized carbons (Fsp3) is 0.579. The number of aldehydes is 1. The van der Waals surface area contributed by atoms with Gasteiger partial charge in [-0.2, -0.15) is 0 Å². The zero-order valence-electron chi connectivity index (χ0n) is 14.4. The summed E-state index contributed by atoms with van der Waals surface area (Å²) in [6.45, 7) is 12.5. The van der Waals surface area contributed by atoms with Crippen molar-refractivity contribution < 1.29 is 9.59 Å². The fourth-order valence-corrected chi connectivity index (χ4v) is 2.02. The lowest BCUT2D eigenvalue weighted by Crippen LogP contribution is -2.16. The average Bonchev–Trinajstić information content (AvgIpc) is 2.51. The number of carbonyl (C=O) groups excluding carboxylic acids is 2. The van der Waals surface area contributed by atoms with Gasteiger partial charge in [0.25, 0.3) is 0 Å². The van der Waals surface area contributed by atoms with Crippen molar-refractivity contribution in [3.05, 3.63) is 35.9 Å². The van der Waals surface area contributed by atoms with Crippen LogP contribution in [0.1, 0.15) is 59.4 Å². The van der Waals surface area contributed by atoms with Crippen molar-refractivity contribution in [3.8, 4) is 0 Å². The summed E-state index contributed by atoms with van der Waals surface area (Å²) in [6, 6.07) is 10.6. The molecule has 0 heterocycles. The normalized spacial score (nSPS) is 11.3. The van der Waals surface area contributed by atoms with E-state index in [1.807, 2.05) is 20.6 Å². The van der Waals surface area contributed by atoms with Crippen LogP contribution in [0.3, 0.4) is 0 Å². The number of aryl methyl sites for hydroxylation is 1. The number of hydrogen-bond donors (Lipinski definition) is 0. The standard InChI is InChI=1S/C9H18O.C9H12.CH2O/c1-5-8(2)6-9(3,4)7-10;1-2-6-9-7-4-3-5-8-9;1-2/h7-8H,5-6H2,1-4H3;3-5,7-8H,2,6H2,1H3;1H2. The Hall–Kier alpha value is -1.44. The second kappa shape index (κ2) is 13.5. The van der Waals surface area contributed by atoms with Crippen LogP contribution < -0.4 is 0 Å². The average molecular weight is 292 g/mol. The van der Waals surface area contributed by atoms with Crippen LogP contribution in [0.4, 0.5) is 0 Å². The van der Waals surface area contributed by atoms with Crippen LogP contribution in [0.15, 0.2) is 30.3 Å². The van der Waals surface area contributed by atoms with E-state index in [-0.39, 0.29) is 5.41 Å². The molecule has 0 amide bonds. The van der Waals surface area contributed by atoms with Crippen molar-refractivity contribution in [2.24, 2.45) is 11.3 Å². The Labute approximate surface area is 131 Å². The van der Waals surface area contributed by atoms with Crippen LogP contribution in [-0.4, -0.2) is 13.1 Å². The van der Waals surface area contributed by atoms with E-state index in [9.17, 15) is 4.79 Å². The van der Waals surface area contributed by atoms with Crippen molar-refractivity contribution in [1.29, 1.82) is 0 Å². The molecular formula is C19H32O2. The van der Waals surface area contributed by atoms with Crippen LogP contribution in [0.2, 0.25) is 0 Å². The summed E-state index contributed by atoms with van der Waals surface area (Å²) in [4.78, 5) is 18.5. The third-order valence-corrected chi connectivity index (χ3v) is 3.27. The maximum Gasteiger partial charge on any atom is 0.125 e. The fourth-order valence-electron chi connectivity index (χ4n) is 2.02. The van der Waals surface area contributed by atoms with Gasteiger partial charge in [0.15, 0.2) is 0 Å². The third-order valence-electron chi connectivity index (χ3n) is 3.27. The Morgan fingerprint density at radius 1 is 1.14 bits per heavy atom. The second-order valence-corrected chi connectivity index (χ2v) is 6.06. The molecule has 0 bridgehead atoms. The topological polar surface area (TPSA) is 34.1 Å². The van der Waals surface area contributed by atoms with Gasteiger partial charge in [-0.05, 0) is 24.3 Å². The summed E-state index contributed by atoms with van der Waals surface area (Å²) in [6.07, 6.45) is 5.67. The van der Waals surface area contributed by atoms with E-state index in [1.165, 1.54) is 18.4 Å². The number of carbonyl (C=O) groups is 2. The number of rotatable bonds is 6. The molecule has 2 nitrogen and oxygen atoms in total. The van der Waals surface area contributed by atoms with E-state index in [2.05, 4.69) is 51.1 Å². The first-order chi connectivity index (χ1) is 9.95. The summed E-state index contributed by atoms with van der Waals surface area (Å²) in [5.74, 6) is 0.667. The van der Waals surface area contributed by atoms with Gasteiger partial charge >= 0.3 is 0 Å². The molecule has 1 atom stereocenters. The Balaban J connectivity index is 0. The Morgan fingerprint density at radius 2 is 1.67 bits per heavy atom. The smallest absolute Gasteiger partial charge is 0.125 e. The molecular weight excluding hydrogens is 260 g/mol. The molecule has 0 spiro atoms. The van der Waals surface area contributed by atoms with Gasteiger partial charge in [0.2, 0.25) is 0 Å². The molecule has 120 valence electrons. The van der Waals surface area contributed by atoms with Crippen molar-refractivity contribution in [3.63, 3.8) is 0 Å². The van der Waals surface area contributed by atoms with Crippen LogP contribution in [-0.2, 0) is 16.0 Å². The first-order valence-electron chi connectivity index (χ1n) is 7.74. The number of hydrogen-bond acceptors (Lipinski definition) is 2. The molecule has 1 rings (SSSR count). The van der Waals surface area contributed by atoms with Crippen LogP contribution in [0.5, 0.6) is 0 Å². The molecule has 0 radical (unpaired) electrons. The van der Waals surface area contributed by atoms with Gasteiger partial charge in [-0.1, -0.05) is 77.8 Å². The van der Waals surface area contributed by atoms with Crippen molar-refractivity contribution in [1.82, 2.24) is 0 Å². The van der Waals surface area contributed by atoms with E-state index in [0.29, 0.717) is 5.92 Å². The van der Waals surface area contributed by atoms with Gasteiger partial charge in [-0.15, -0.1) is 0 Å². The summed E-state index contributed by atoms with van der Waals surface area (Å²) < 4.78 is 0. The van der Waals surface area contributed by atoms with Gasteiger partial charge in [-0.3, -0.25) is 0 Å². The molecule has 0 saturated carbocycles. The van der Waals surface area contributed by atoms with E-state index in [4.69, 9.17) is 4.79 Å². The number of benzene rings is 1. The van der Waals surface area contributed by atoms with Crippen molar-refractivity contribution >= 4 is 13.1 Å². The summed E-state index contributed by atoms with van der Waals surface area (Å²) in [5.41, 5.74) is 1.33. The molecule has 1 aromatic carbocycles. The predicted molar refractivity (Wildman–Crippen MR) is 91.5 cm³/mol. The van der Waals surface area contributed by atoms with Gasteiger partial charge in [-0.25, -0.2) is 0 Å². The van der Waals surface area contributed by atoms with Gasteiger partial charge in [0.05, 0.1) is 0 Å². The van der Waals surface area contributed by atoms with Gasteiger partial charge in [0.1, 0.15) is 13.1 Å². The van der Waals surface area contributed by atoms with Gasteiger partial charge < -0.3 is 9.59 Å². The van der Waals surface area contributed by atoms with E-state index in [1.54, 1.807) is 0 Å². The van der Waals surface area contributed by atoms with Crippen molar-refractivity contribution in [2.45, 2.75) is 60.3 Å². The first-order valence-corrected chi connectivity index (χ1v) is 7.74. The Kier molecular flexibility index (Phi) is 14.1. The van der Waals surface area contributed by atoms with Crippen molar-refractivity contribution in [2.75, 3.05) is 0 Å². The van der Waals surface area contributed by atoms with E-state index < -0.39 is 0 Å². The zero-order chi connectivity index (χ0) is 16.7. The molecule has 0 aliphatic carbocycles. The molecule has 1 unspecified atom stereocenters. The predicted octanol–water partition coefficient (Wildman–Crippen LogP) is 5.10. The SMILES string of the molecule is C=O.CCC(C)CC(C)(C)C=O.CCCc1ccccc1. The monoisotopic (exact) mass is 292 g/mol. The molecule has 21 heavy (non-hydrogen) atoms. The quantitative estimate of drug-likeness (QED) is 0.683. The maximum atomic E-state index is 10.5. The maximum absolute atomic E-state index is 10.5. The highest BCUT2D eigenvalue weighted by Crippen LogP contribution is 2.23. The minimum absolute atomic E-state index is 0.116. The molecule has 0 N–H and O–H groups in total. The molecule has 0 aliphatic rings. The Morgan fingerprint density at radius 3 is 2.05 bits per heavy atom. The Bertz CT molecular complexity index is 344. The zero-order valence-corrected chi connectivity index (χ0v) is 14.4. The summed E-state index contributed by atoms with van der Waals surface area (Å²) in [5, 5.41) is 0. The second-order valence-electron chi connectivity index (χ2n) is 6.06. The third kappa shape index (κ3) is 13.3. The molecule has 0 aromatic heterocycles. The lowest BCUT2D eigenvalue weighted by Gasteiger charge is -2.20. The van der Waals surface area contributed by atoms with E-state index in [0.717, 1.165) is 19.1 Å². The van der Waals surface area contributed by atoms with E-state index >= 15 is 0 Å². The largest absolute Gasteiger partial charge is 0.307 e. The first kappa shape index (κ1) is 21.9. The van der Waals surface area contributed by atoms with Crippen LogP contribution in [0.25, 0.3) is 0 Å². The summed E-state index contributed by atoms with van der Waals surface area (Å²) >= 11 is 0. The molecule has 0 aliphatic heterocycles. The van der Waals surface area contributed by atoms with Crippen LogP contribution >= 0.6 is 0 Å².